The minimum Gasteiger partial charge on any atom is -0.475 e. The van der Waals surface area contributed by atoms with E-state index >= 15 is 0 Å². The Hall–Kier alpha value is -3.16. The van der Waals surface area contributed by atoms with Crippen LogP contribution >= 0.6 is 0 Å². The third kappa shape index (κ3) is 4.94. The van der Waals surface area contributed by atoms with Gasteiger partial charge in [-0.1, -0.05) is 30.3 Å². The van der Waals surface area contributed by atoms with Crippen molar-refractivity contribution in [2.45, 2.75) is 26.4 Å². The van der Waals surface area contributed by atoms with Crippen molar-refractivity contribution in [3.63, 3.8) is 0 Å². The molecule has 2 N–H and O–H groups in total. The number of benzene rings is 1. The molecule has 126 valence electrons. The van der Waals surface area contributed by atoms with Gasteiger partial charge >= 0.3 is 12.1 Å². The van der Waals surface area contributed by atoms with Crippen LogP contribution < -0.4 is 5.32 Å². The van der Waals surface area contributed by atoms with Crippen molar-refractivity contribution >= 4 is 23.8 Å². The average molecular weight is 331 g/mol. The van der Waals surface area contributed by atoms with Gasteiger partial charge in [0.2, 0.25) is 0 Å². The van der Waals surface area contributed by atoms with Crippen LogP contribution in [0, 0.1) is 0 Å². The van der Waals surface area contributed by atoms with Crippen LogP contribution in [0.1, 0.15) is 42.8 Å². The van der Waals surface area contributed by atoms with Crippen molar-refractivity contribution < 1.29 is 24.0 Å². The Labute approximate surface area is 138 Å². The highest BCUT2D eigenvalue weighted by atomic mass is 16.6. The number of alkyl carbamates (subject to hydrolysis) is 1. The molecule has 8 nitrogen and oxygen atoms in total. The van der Waals surface area contributed by atoms with Crippen LogP contribution in [0.4, 0.5) is 4.79 Å². The van der Waals surface area contributed by atoms with Crippen molar-refractivity contribution in [3.05, 3.63) is 47.6 Å². The average Bonchev–Trinajstić information content (AvgIpc) is 2.95. The summed E-state index contributed by atoms with van der Waals surface area (Å²) in [4.78, 5) is 26.6. The first-order valence-electron chi connectivity index (χ1n) is 7.09. The molecule has 0 spiro atoms. The van der Waals surface area contributed by atoms with Crippen molar-refractivity contribution in [2.24, 2.45) is 0 Å². The van der Waals surface area contributed by atoms with Gasteiger partial charge in [-0.3, -0.25) is 5.32 Å². The number of aromatic carboxylic acids is 1. The fraction of sp³-hybridized carbons (Fsp3) is 0.250. The zero-order valence-corrected chi connectivity index (χ0v) is 13.4. The number of aromatic nitrogens is 2. The number of hydrogen-bond acceptors (Lipinski definition) is 6. The highest BCUT2D eigenvalue weighted by Gasteiger charge is 2.21. The molecule has 24 heavy (non-hydrogen) atoms. The van der Waals surface area contributed by atoms with E-state index in [0.29, 0.717) is 0 Å². The summed E-state index contributed by atoms with van der Waals surface area (Å²) in [7, 11) is 0. The maximum Gasteiger partial charge on any atom is 0.412 e. The molecule has 0 unspecified atom stereocenters. The number of nitrogens with zero attached hydrogens (tertiary/aromatic N) is 2. The Morgan fingerprint density at radius 1 is 1.25 bits per heavy atom. The first-order chi connectivity index (χ1) is 11.2. The van der Waals surface area contributed by atoms with Gasteiger partial charge in [0.15, 0.2) is 0 Å². The summed E-state index contributed by atoms with van der Waals surface area (Å²) in [5.41, 5.74) is 0.192. The van der Waals surface area contributed by atoms with E-state index in [1.54, 1.807) is 39.0 Å². The van der Waals surface area contributed by atoms with Gasteiger partial charge < -0.3 is 14.4 Å². The number of carbonyl (C=O) groups is 2. The summed E-state index contributed by atoms with van der Waals surface area (Å²) < 4.78 is 10.1. The smallest absolute Gasteiger partial charge is 0.412 e. The van der Waals surface area contributed by atoms with Gasteiger partial charge in [-0.05, 0) is 37.6 Å². The summed E-state index contributed by atoms with van der Waals surface area (Å²) in [5, 5.41) is 14.7. The van der Waals surface area contributed by atoms with Gasteiger partial charge in [0, 0.05) is 0 Å². The topological polar surface area (TPSA) is 115 Å². The van der Waals surface area contributed by atoms with Crippen LogP contribution in [0.3, 0.4) is 0 Å². The molecule has 1 amide bonds. The number of carbonyl (C=O) groups excluding carboxylic acids is 1. The molecule has 0 atom stereocenters. The monoisotopic (exact) mass is 331 g/mol. The number of carboxylic acid groups (broad SMARTS) is 1. The third-order valence-corrected chi connectivity index (χ3v) is 2.59. The predicted octanol–water partition coefficient (Wildman–Crippen LogP) is 2.79. The zero-order valence-electron chi connectivity index (χ0n) is 13.4. The van der Waals surface area contributed by atoms with Crippen LogP contribution in [-0.4, -0.2) is 32.9 Å². The lowest BCUT2D eigenvalue weighted by molar-refractivity contribution is 0.0556. The molecule has 2 aromatic rings. The molecule has 0 saturated carbocycles. The van der Waals surface area contributed by atoms with Gasteiger partial charge in [-0.25, -0.2) is 9.59 Å². The lowest BCUT2D eigenvalue weighted by atomic mass is 10.2. The Morgan fingerprint density at radius 3 is 2.46 bits per heavy atom. The van der Waals surface area contributed by atoms with Crippen molar-refractivity contribution in [1.82, 2.24) is 15.5 Å². The molecule has 1 aromatic heterocycles. The van der Waals surface area contributed by atoms with Crippen LogP contribution in [0.5, 0.6) is 0 Å². The Kier molecular flexibility index (Phi) is 4.98. The molecule has 0 aliphatic heterocycles. The molecule has 0 radical (unpaired) electrons. The lowest BCUT2D eigenvalue weighted by Gasteiger charge is -2.19. The summed E-state index contributed by atoms with van der Waals surface area (Å²) in [6.07, 6.45) is 0.850. The van der Waals surface area contributed by atoms with Crippen LogP contribution in [0.15, 0.2) is 34.9 Å². The van der Waals surface area contributed by atoms with E-state index in [2.05, 4.69) is 15.5 Å². The van der Waals surface area contributed by atoms with E-state index in [1.807, 2.05) is 18.2 Å². The normalized spacial score (nSPS) is 11.9. The second-order valence-corrected chi connectivity index (χ2v) is 5.82. The van der Waals surface area contributed by atoms with Gasteiger partial charge in [0.05, 0.1) is 0 Å². The van der Waals surface area contributed by atoms with Crippen molar-refractivity contribution in [1.29, 1.82) is 0 Å². The molecular weight excluding hydrogens is 314 g/mol. The van der Waals surface area contributed by atoms with Gasteiger partial charge in [0.1, 0.15) is 11.3 Å². The van der Waals surface area contributed by atoms with Crippen molar-refractivity contribution in [2.75, 3.05) is 0 Å². The minimum absolute atomic E-state index is 0.135. The molecule has 0 aliphatic carbocycles. The van der Waals surface area contributed by atoms with Crippen LogP contribution in [0.25, 0.3) is 11.8 Å². The van der Waals surface area contributed by atoms with E-state index < -0.39 is 23.5 Å². The lowest BCUT2D eigenvalue weighted by Crippen LogP contribution is -2.31. The van der Waals surface area contributed by atoms with Gasteiger partial charge in [-0.2, -0.15) is 4.98 Å². The van der Waals surface area contributed by atoms with Crippen molar-refractivity contribution in [3.8, 4) is 0 Å². The molecule has 0 saturated heterocycles. The molecule has 1 heterocycles. The summed E-state index contributed by atoms with van der Waals surface area (Å²) in [6.45, 7) is 5.17. The molecular formula is C16H17N3O5. The SMILES string of the molecule is CC(C)(C)OC(=O)NC(=Cc1ccccc1)c1nc(C(=O)O)no1. The molecule has 8 heteroatoms. The molecule has 0 aliphatic rings. The van der Waals surface area contributed by atoms with Gasteiger partial charge in [-0.15, -0.1) is 0 Å². The fourth-order valence-electron chi connectivity index (χ4n) is 1.70. The minimum atomic E-state index is -1.33. The number of hydrogen-bond donors (Lipinski definition) is 2. The highest BCUT2D eigenvalue weighted by Crippen LogP contribution is 2.16. The van der Waals surface area contributed by atoms with E-state index in [-0.39, 0.29) is 11.6 Å². The largest absolute Gasteiger partial charge is 0.475 e. The molecule has 1 aromatic carbocycles. The third-order valence-electron chi connectivity index (χ3n) is 2.59. The van der Waals surface area contributed by atoms with Crippen LogP contribution in [-0.2, 0) is 4.74 Å². The van der Waals surface area contributed by atoms with E-state index in [4.69, 9.17) is 14.4 Å². The number of ether oxygens (including phenoxy) is 1. The Balaban J connectivity index is 2.32. The quantitative estimate of drug-likeness (QED) is 0.885. The maximum absolute atomic E-state index is 12.0. The number of nitrogens with one attached hydrogen (secondary N) is 1. The first kappa shape index (κ1) is 17.2. The summed E-state index contributed by atoms with van der Waals surface area (Å²) in [6, 6.07) is 9.06. The summed E-state index contributed by atoms with van der Waals surface area (Å²) >= 11 is 0. The molecule has 0 bridgehead atoms. The molecule has 2 rings (SSSR count). The van der Waals surface area contributed by atoms with E-state index in [9.17, 15) is 9.59 Å². The van der Waals surface area contributed by atoms with Gasteiger partial charge in [0.25, 0.3) is 11.7 Å². The fourth-order valence-corrected chi connectivity index (χ4v) is 1.70. The first-order valence-corrected chi connectivity index (χ1v) is 7.09. The van der Waals surface area contributed by atoms with E-state index in [0.717, 1.165) is 5.56 Å². The maximum atomic E-state index is 12.0. The number of rotatable bonds is 4. The number of amides is 1. The Bertz CT molecular complexity index is 760. The second kappa shape index (κ2) is 6.95. The zero-order chi connectivity index (χ0) is 17.7. The predicted molar refractivity (Wildman–Crippen MR) is 84.9 cm³/mol. The van der Waals surface area contributed by atoms with E-state index in [1.165, 1.54) is 0 Å². The standard InChI is InChI=1S/C16H17N3O5/c1-16(2,3)23-15(22)17-11(9-10-7-5-4-6-8-10)13-18-12(14(20)21)19-24-13/h4-9H,1-3H3,(H,17,22)(H,20,21). The number of carboxylic acids is 1. The highest BCUT2D eigenvalue weighted by molar-refractivity contribution is 5.88. The Morgan fingerprint density at radius 2 is 1.92 bits per heavy atom. The second-order valence-electron chi connectivity index (χ2n) is 5.82. The summed E-state index contributed by atoms with van der Waals surface area (Å²) in [5.74, 6) is -1.97. The van der Waals surface area contributed by atoms with Crippen LogP contribution in [0.2, 0.25) is 0 Å². The molecule has 0 fully saturated rings.